The van der Waals surface area contributed by atoms with Gasteiger partial charge in [-0.25, -0.2) is 0 Å². The molecule has 0 amide bonds. The van der Waals surface area contributed by atoms with Crippen molar-refractivity contribution in [3.8, 4) is 0 Å². The van der Waals surface area contributed by atoms with E-state index in [1.807, 2.05) is 0 Å². The highest BCUT2D eigenvalue weighted by molar-refractivity contribution is 7.12. The molecule has 1 N–H and O–H groups in total. The van der Waals surface area contributed by atoms with Gasteiger partial charge in [0.15, 0.2) is 0 Å². The first-order chi connectivity index (χ1) is 7.18. The molecule has 0 radical (unpaired) electrons. The molecule has 2 atom stereocenters. The van der Waals surface area contributed by atoms with Crippen molar-refractivity contribution in [2.45, 2.75) is 45.3 Å². The third-order valence-electron chi connectivity index (χ3n) is 2.92. The highest BCUT2D eigenvalue weighted by Crippen LogP contribution is 2.33. The molecule has 3 heteroatoms. The van der Waals surface area contributed by atoms with Crippen molar-refractivity contribution in [2.24, 2.45) is 0 Å². The van der Waals surface area contributed by atoms with Crippen LogP contribution in [0.5, 0.6) is 0 Å². The number of aliphatic hydroxyl groups is 1. The van der Waals surface area contributed by atoms with Crippen LogP contribution in [0.3, 0.4) is 0 Å². The molecule has 1 fully saturated rings. The van der Waals surface area contributed by atoms with Crippen molar-refractivity contribution in [3.63, 3.8) is 0 Å². The lowest BCUT2D eigenvalue weighted by molar-refractivity contribution is -0.0622. The van der Waals surface area contributed by atoms with Crippen molar-refractivity contribution < 1.29 is 9.84 Å². The molecule has 0 saturated carbocycles. The third-order valence-corrected chi connectivity index (χ3v) is 4.14. The summed E-state index contributed by atoms with van der Waals surface area (Å²) in [5.41, 5.74) is 1.19. The molecule has 1 saturated heterocycles. The fourth-order valence-electron chi connectivity index (χ4n) is 2.14. The van der Waals surface area contributed by atoms with E-state index in [-0.39, 0.29) is 6.10 Å². The van der Waals surface area contributed by atoms with Crippen LogP contribution in [0.15, 0.2) is 6.07 Å². The largest absolute Gasteiger partial charge is 0.385 e. The Morgan fingerprint density at radius 3 is 2.80 bits per heavy atom. The Bertz CT molecular complexity index is 326. The average Bonchev–Trinajstić information content (AvgIpc) is 2.58. The minimum atomic E-state index is -0.427. The van der Waals surface area contributed by atoms with E-state index in [9.17, 15) is 5.11 Å². The second kappa shape index (κ2) is 4.64. The van der Waals surface area contributed by atoms with Crippen LogP contribution in [0, 0.1) is 13.8 Å². The molecule has 1 aliphatic heterocycles. The molecule has 2 rings (SSSR count). The van der Waals surface area contributed by atoms with Crippen LogP contribution in [0.4, 0.5) is 0 Å². The summed E-state index contributed by atoms with van der Waals surface area (Å²) >= 11 is 1.69. The second-order valence-corrected chi connectivity index (χ2v) is 5.54. The van der Waals surface area contributed by atoms with Crippen LogP contribution in [-0.2, 0) is 4.74 Å². The van der Waals surface area contributed by atoms with E-state index in [4.69, 9.17) is 4.74 Å². The summed E-state index contributed by atoms with van der Waals surface area (Å²) in [6.45, 7) is 4.94. The Balaban J connectivity index is 2.12. The summed E-state index contributed by atoms with van der Waals surface area (Å²) in [6, 6.07) is 2.13. The van der Waals surface area contributed by atoms with Crippen molar-refractivity contribution in [2.75, 3.05) is 6.61 Å². The third kappa shape index (κ3) is 2.41. The van der Waals surface area contributed by atoms with Gasteiger partial charge in [-0.3, -0.25) is 0 Å². The molecule has 0 aliphatic carbocycles. The van der Waals surface area contributed by atoms with E-state index in [1.54, 1.807) is 11.3 Å². The van der Waals surface area contributed by atoms with Gasteiger partial charge >= 0.3 is 0 Å². The first-order valence-corrected chi connectivity index (χ1v) is 6.36. The first kappa shape index (κ1) is 11.1. The molecule has 15 heavy (non-hydrogen) atoms. The molecule has 2 unspecified atom stereocenters. The highest BCUT2D eigenvalue weighted by atomic mass is 32.1. The quantitative estimate of drug-likeness (QED) is 0.840. The van der Waals surface area contributed by atoms with Crippen molar-refractivity contribution >= 4 is 11.3 Å². The number of aliphatic hydroxyl groups excluding tert-OH is 1. The van der Waals surface area contributed by atoms with Crippen LogP contribution in [0.1, 0.15) is 40.7 Å². The van der Waals surface area contributed by atoms with Crippen LogP contribution in [0.2, 0.25) is 0 Å². The predicted octanol–water partition coefficient (Wildman–Crippen LogP) is 2.97. The normalized spacial score (nSPS) is 24.1. The van der Waals surface area contributed by atoms with E-state index in [0.29, 0.717) is 0 Å². The van der Waals surface area contributed by atoms with Crippen molar-refractivity contribution in [3.05, 3.63) is 21.4 Å². The number of ether oxygens (including phenoxy) is 1. The van der Waals surface area contributed by atoms with Gasteiger partial charge in [0.25, 0.3) is 0 Å². The van der Waals surface area contributed by atoms with Crippen molar-refractivity contribution in [1.29, 1.82) is 0 Å². The molecular formula is C12H18O2S. The summed E-state index contributed by atoms with van der Waals surface area (Å²) in [6.07, 6.45) is 2.87. The smallest absolute Gasteiger partial charge is 0.114 e. The van der Waals surface area contributed by atoms with Gasteiger partial charge in [-0.1, -0.05) is 0 Å². The SMILES string of the molecule is Cc1cc(C)c(C(O)C2CCCCO2)s1. The molecule has 0 bridgehead atoms. The van der Waals surface area contributed by atoms with Gasteiger partial charge in [-0.2, -0.15) is 0 Å². The Kier molecular flexibility index (Phi) is 3.44. The number of hydrogen-bond acceptors (Lipinski definition) is 3. The van der Waals surface area contributed by atoms with Gasteiger partial charge in [0.2, 0.25) is 0 Å². The number of aryl methyl sites for hydroxylation is 2. The van der Waals surface area contributed by atoms with Crippen molar-refractivity contribution in [1.82, 2.24) is 0 Å². The lowest BCUT2D eigenvalue weighted by Gasteiger charge is -2.26. The lowest BCUT2D eigenvalue weighted by atomic mass is 10.0. The van der Waals surface area contributed by atoms with Crippen LogP contribution in [-0.4, -0.2) is 17.8 Å². The summed E-state index contributed by atoms with van der Waals surface area (Å²) in [5.74, 6) is 0. The summed E-state index contributed by atoms with van der Waals surface area (Å²) in [7, 11) is 0. The molecular weight excluding hydrogens is 208 g/mol. The average molecular weight is 226 g/mol. The molecule has 0 spiro atoms. The molecule has 84 valence electrons. The molecule has 2 heterocycles. The minimum absolute atomic E-state index is 0.00972. The fourth-order valence-corrected chi connectivity index (χ4v) is 3.21. The Labute approximate surface area is 94.9 Å². The van der Waals surface area contributed by atoms with Gasteiger partial charge in [-0.05, 0) is 44.7 Å². The monoisotopic (exact) mass is 226 g/mol. The van der Waals surface area contributed by atoms with Crippen LogP contribution < -0.4 is 0 Å². The summed E-state index contributed by atoms with van der Waals surface area (Å²) < 4.78 is 5.62. The number of thiophene rings is 1. The lowest BCUT2D eigenvalue weighted by Crippen LogP contribution is -2.26. The topological polar surface area (TPSA) is 29.5 Å². The van der Waals surface area contributed by atoms with Crippen LogP contribution >= 0.6 is 11.3 Å². The summed E-state index contributed by atoms with van der Waals surface area (Å²) in [4.78, 5) is 2.34. The Hall–Kier alpha value is -0.380. The molecule has 2 nitrogen and oxygen atoms in total. The molecule has 1 aromatic heterocycles. The maximum atomic E-state index is 10.2. The fraction of sp³-hybridized carbons (Fsp3) is 0.667. The first-order valence-electron chi connectivity index (χ1n) is 5.55. The summed E-state index contributed by atoms with van der Waals surface area (Å²) in [5, 5.41) is 10.2. The Morgan fingerprint density at radius 1 is 1.47 bits per heavy atom. The van der Waals surface area contributed by atoms with Gasteiger partial charge in [-0.15, -0.1) is 11.3 Å². The highest BCUT2D eigenvalue weighted by Gasteiger charge is 2.26. The zero-order valence-electron chi connectivity index (χ0n) is 9.32. The second-order valence-electron chi connectivity index (χ2n) is 4.25. The van der Waals surface area contributed by atoms with E-state index in [0.717, 1.165) is 24.3 Å². The molecule has 0 aromatic carbocycles. The van der Waals surface area contributed by atoms with Crippen LogP contribution in [0.25, 0.3) is 0 Å². The van der Waals surface area contributed by atoms with E-state index in [1.165, 1.54) is 16.9 Å². The molecule has 1 aromatic rings. The number of hydrogen-bond donors (Lipinski definition) is 1. The maximum absolute atomic E-state index is 10.2. The van der Waals surface area contributed by atoms with E-state index < -0.39 is 6.10 Å². The zero-order chi connectivity index (χ0) is 10.8. The predicted molar refractivity (Wildman–Crippen MR) is 62.3 cm³/mol. The van der Waals surface area contributed by atoms with E-state index >= 15 is 0 Å². The van der Waals surface area contributed by atoms with Gasteiger partial charge in [0, 0.05) is 16.4 Å². The van der Waals surface area contributed by atoms with Gasteiger partial charge in [0.1, 0.15) is 6.10 Å². The molecule has 1 aliphatic rings. The minimum Gasteiger partial charge on any atom is -0.385 e. The zero-order valence-corrected chi connectivity index (χ0v) is 10.1. The maximum Gasteiger partial charge on any atom is 0.114 e. The van der Waals surface area contributed by atoms with Gasteiger partial charge < -0.3 is 9.84 Å². The van der Waals surface area contributed by atoms with E-state index in [2.05, 4.69) is 19.9 Å². The standard InChI is InChI=1S/C12H18O2S/c1-8-7-9(2)15-12(8)11(13)10-5-3-4-6-14-10/h7,10-11,13H,3-6H2,1-2H3. The Morgan fingerprint density at radius 2 is 2.27 bits per heavy atom. The number of rotatable bonds is 2. The van der Waals surface area contributed by atoms with Gasteiger partial charge in [0.05, 0.1) is 6.10 Å².